The Labute approximate surface area is 121 Å². The highest BCUT2D eigenvalue weighted by Crippen LogP contribution is 2.16. The highest BCUT2D eigenvalue weighted by molar-refractivity contribution is 5.74. The summed E-state index contributed by atoms with van der Waals surface area (Å²) in [7, 11) is 1.71. The van der Waals surface area contributed by atoms with Crippen LogP contribution in [0.4, 0.5) is 5.95 Å². The number of aryl methyl sites for hydroxylation is 1. The maximum atomic E-state index is 12.5. The minimum absolute atomic E-state index is 0.0423. The third kappa shape index (κ3) is 2.35. The predicted molar refractivity (Wildman–Crippen MR) is 80.9 cm³/mol. The van der Waals surface area contributed by atoms with Crippen LogP contribution in [-0.2, 0) is 13.6 Å². The molecule has 0 saturated carbocycles. The van der Waals surface area contributed by atoms with Gasteiger partial charge >= 0.3 is 5.69 Å². The summed E-state index contributed by atoms with van der Waals surface area (Å²) in [6.45, 7) is 6.11. The quantitative estimate of drug-likeness (QED) is 0.803. The predicted octanol–water partition coefficient (Wildman–Crippen LogP) is -0.0983. The van der Waals surface area contributed by atoms with Crippen molar-refractivity contribution in [2.45, 2.75) is 33.4 Å². The number of aliphatic hydroxyl groups is 1. The fourth-order valence-electron chi connectivity index (χ4n) is 2.40. The molecule has 0 bridgehead atoms. The molecule has 0 aromatic carbocycles. The lowest BCUT2D eigenvalue weighted by molar-refractivity contribution is 0.310. The summed E-state index contributed by atoms with van der Waals surface area (Å²) in [5, 5.41) is 11.8. The standard InChI is InChI=1S/C13H21N5O3/c1-5-17-11(20)9-10(18(8(2)3)13(17)21)15-12(16(9)4)14-6-7-19/h8,19H,5-7H2,1-4H3,(H,14,15). The highest BCUT2D eigenvalue weighted by Gasteiger charge is 2.20. The van der Waals surface area contributed by atoms with E-state index < -0.39 is 0 Å². The minimum Gasteiger partial charge on any atom is -0.395 e. The Bertz CT molecular complexity index is 769. The van der Waals surface area contributed by atoms with Crippen LogP contribution in [0, 0.1) is 0 Å². The Kier molecular flexibility index (Phi) is 4.17. The van der Waals surface area contributed by atoms with Crippen LogP contribution in [0.1, 0.15) is 26.8 Å². The molecule has 2 heterocycles. The lowest BCUT2D eigenvalue weighted by atomic mass is 10.3. The summed E-state index contributed by atoms with van der Waals surface area (Å²) in [5.41, 5.74) is 0.0523. The highest BCUT2D eigenvalue weighted by atomic mass is 16.3. The van der Waals surface area contributed by atoms with E-state index in [-0.39, 0.29) is 23.9 Å². The van der Waals surface area contributed by atoms with Gasteiger partial charge in [-0.1, -0.05) is 0 Å². The van der Waals surface area contributed by atoms with Crippen molar-refractivity contribution in [3.63, 3.8) is 0 Å². The first-order valence-corrected chi connectivity index (χ1v) is 7.00. The summed E-state index contributed by atoms with van der Waals surface area (Å²) < 4.78 is 4.35. The molecule has 2 aromatic heterocycles. The molecule has 21 heavy (non-hydrogen) atoms. The van der Waals surface area contributed by atoms with Crippen molar-refractivity contribution in [2.75, 3.05) is 18.5 Å². The molecule has 0 amide bonds. The molecule has 0 fully saturated rings. The number of fused-ring (bicyclic) bond motifs is 1. The molecule has 0 atom stereocenters. The van der Waals surface area contributed by atoms with Gasteiger partial charge < -0.3 is 15.0 Å². The molecule has 0 saturated heterocycles. The van der Waals surface area contributed by atoms with Gasteiger partial charge in [0.05, 0.1) is 6.61 Å². The number of imidazole rings is 1. The second-order valence-corrected chi connectivity index (χ2v) is 5.11. The van der Waals surface area contributed by atoms with Crippen molar-refractivity contribution in [2.24, 2.45) is 7.05 Å². The molecule has 0 aliphatic heterocycles. The first-order valence-electron chi connectivity index (χ1n) is 7.00. The zero-order chi connectivity index (χ0) is 15.7. The Morgan fingerprint density at radius 3 is 2.52 bits per heavy atom. The van der Waals surface area contributed by atoms with Crippen molar-refractivity contribution in [3.8, 4) is 0 Å². The Balaban J connectivity index is 2.88. The SMILES string of the molecule is CCn1c(=O)c2c(nc(NCCO)n2C)n(C(C)C)c1=O. The summed E-state index contributed by atoms with van der Waals surface area (Å²) in [5.74, 6) is 0.457. The van der Waals surface area contributed by atoms with Crippen LogP contribution in [0.25, 0.3) is 11.2 Å². The van der Waals surface area contributed by atoms with Gasteiger partial charge in [-0.25, -0.2) is 4.79 Å². The summed E-state index contributed by atoms with van der Waals surface area (Å²) in [6, 6.07) is -0.112. The minimum atomic E-state index is -0.350. The monoisotopic (exact) mass is 295 g/mol. The van der Waals surface area contributed by atoms with Gasteiger partial charge in [-0.3, -0.25) is 13.9 Å². The van der Waals surface area contributed by atoms with Crippen LogP contribution in [0.2, 0.25) is 0 Å². The molecule has 0 radical (unpaired) electrons. The van der Waals surface area contributed by atoms with Crippen LogP contribution in [0.5, 0.6) is 0 Å². The Morgan fingerprint density at radius 2 is 2.00 bits per heavy atom. The normalized spacial score (nSPS) is 11.5. The fourth-order valence-corrected chi connectivity index (χ4v) is 2.40. The first kappa shape index (κ1) is 15.3. The van der Waals surface area contributed by atoms with Gasteiger partial charge in [-0.2, -0.15) is 4.98 Å². The topological polar surface area (TPSA) is 94.1 Å². The molecule has 0 unspecified atom stereocenters. The molecule has 8 heteroatoms. The smallest absolute Gasteiger partial charge is 0.332 e. The summed E-state index contributed by atoms with van der Waals surface area (Å²) >= 11 is 0. The molecule has 8 nitrogen and oxygen atoms in total. The van der Waals surface area contributed by atoms with Gasteiger partial charge in [0.15, 0.2) is 11.2 Å². The molecule has 0 aliphatic carbocycles. The zero-order valence-electron chi connectivity index (χ0n) is 12.8. The van der Waals surface area contributed by atoms with Crippen molar-refractivity contribution in [3.05, 3.63) is 20.8 Å². The molecular weight excluding hydrogens is 274 g/mol. The molecule has 116 valence electrons. The number of aliphatic hydroxyl groups excluding tert-OH is 1. The molecule has 2 aromatic rings. The van der Waals surface area contributed by atoms with E-state index in [1.54, 1.807) is 18.5 Å². The van der Waals surface area contributed by atoms with E-state index in [2.05, 4.69) is 10.3 Å². The van der Waals surface area contributed by atoms with E-state index in [0.29, 0.717) is 30.2 Å². The first-order chi connectivity index (χ1) is 9.93. The molecule has 2 N–H and O–H groups in total. The number of rotatable bonds is 5. The summed E-state index contributed by atoms with van der Waals surface area (Å²) in [6.07, 6.45) is 0. The third-order valence-corrected chi connectivity index (χ3v) is 3.42. The average Bonchev–Trinajstić information content (AvgIpc) is 2.73. The maximum Gasteiger partial charge on any atom is 0.332 e. The van der Waals surface area contributed by atoms with Gasteiger partial charge in [-0.05, 0) is 20.8 Å². The number of nitrogens with zero attached hydrogens (tertiary/aromatic N) is 4. The average molecular weight is 295 g/mol. The van der Waals surface area contributed by atoms with E-state index in [0.717, 1.165) is 0 Å². The van der Waals surface area contributed by atoms with Crippen molar-refractivity contribution >= 4 is 17.1 Å². The second kappa shape index (κ2) is 5.72. The van der Waals surface area contributed by atoms with Crippen molar-refractivity contribution in [1.29, 1.82) is 0 Å². The van der Waals surface area contributed by atoms with Gasteiger partial charge in [0.2, 0.25) is 5.95 Å². The van der Waals surface area contributed by atoms with Crippen LogP contribution in [0.15, 0.2) is 9.59 Å². The summed E-state index contributed by atoms with van der Waals surface area (Å²) in [4.78, 5) is 29.3. The van der Waals surface area contributed by atoms with Crippen LogP contribution in [0.3, 0.4) is 0 Å². The Hall–Kier alpha value is -2.09. The van der Waals surface area contributed by atoms with E-state index in [9.17, 15) is 9.59 Å². The van der Waals surface area contributed by atoms with E-state index >= 15 is 0 Å². The molecule has 0 aliphatic rings. The van der Waals surface area contributed by atoms with Crippen LogP contribution in [-0.4, -0.2) is 36.9 Å². The van der Waals surface area contributed by atoms with E-state index in [1.165, 1.54) is 9.13 Å². The van der Waals surface area contributed by atoms with Crippen LogP contribution < -0.4 is 16.6 Å². The largest absolute Gasteiger partial charge is 0.395 e. The second-order valence-electron chi connectivity index (χ2n) is 5.11. The fraction of sp³-hybridized carbons (Fsp3) is 0.615. The maximum absolute atomic E-state index is 12.5. The third-order valence-electron chi connectivity index (χ3n) is 3.42. The zero-order valence-corrected chi connectivity index (χ0v) is 12.8. The van der Waals surface area contributed by atoms with Crippen molar-refractivity contribution < 1.29 is 5.11 Å². The van der Waals surface area contributed by atoms with Gasteiger partial charge in [0.25, 0.3) is 5.56 Å². The number of aromatic nitrogens is 4. The molecular formula is C13H21N5O3. The number of hydrogen-bond donors (Lipinski definition) is 2. The number of nitrogens with one attached hydrogen (secondary N) is 1. The van der Waals surface area contributed by atoms with E-state index in [4.69, 9.17) is 5.11 Å². The van der Waals surface area contributed by atoms with Gasteiger partial charge in [0, 0.05) is 26.2 Å². The van der Waals surface area contributed by atoms with Crippen LogP contribution >= 0.6 is 0 Å². The lowest BCUT2D eigenvalue weighted by Crippen LogP contribution is -2.40. The molecule has 2 rings (SSSR count). The van der Waals surface area contributed by atoms with E-state index in [1.807, 2.05) is 13.8 Å². The van der Waals surface area contributed by atoms with Crippen molar-refractivity contribution in [1.82, 2.24) is 18.7 Å². The Morgan fingerprint density at radius 1 is 1.33 bits per heavy atom. The van der Waals surface area contributed by atoms with Gasteiger partial charge in [0.1, 0.15) is 0 Å². The molecule has 0 spiro atoms. The number of anilines is 1. The lowest BCUT2D eigenvalue weighted by Gasteiger charge is -2.13. The van der Waals surface area contributed by atoms with Gasteiger partial charge in [-0.15, -0.1) is 0 Å². The number of hydrogen-bond acceptors (Lipinski definition) is 5.